The molecule has 2 atom stereocenters. The second-order valence-electron chi connectivity index (χ2n) is 4.71. The van der Waals surface area contributed by atoms with Crippen LogP contribution in [0.3, 0.4) is 0 Å². The molecule has 0 radical (unpaired) electrons. The molecule has 1 aromatic rings. The number of carbonyl (C=O) groups is 3. The van der Waals surface area contributed by atoms with Crippen LogP contribution in [0.25, 0.3) is 0 Å². The first kappa shape index (κ1) is 16.2. The molecule has 0 aliphatic carbocycles. The Bertz CT molecular complexity index is 601. The fraction of sp³-hybridized carbons (Fsp3) is 0.357. The average Bonchev–Trinajstić information content (AvgIpc) is 2.63. The Kier molecular flexibility index (Phi) is 4.53. The standard InChI is InChI=1S/C14H13Br2NO4/c1-3-21-13(20)14(2)11(16)10(18)12(19)17(14)9-6-4-8(15)5-7-9/h4-7,11H,3H2,1-2H3. The van der Waals surface area contributed by atoms with Gasteiger partial charge in [-0.1, -0.05) is 31.9 Å². The first-order valence-corrected chi connectivity index (χ1v) is 8.00. The number of alkyl halides is 1. The lowest BCUT2D eigenvalue weighted by Gasteiger charge is -2.33. The van der Waals surface area contributed by atoms with Crippen molar-refractivity contribution in [3.05, 3.63) is 28.7 Å². The van der Waals surface area contributed by atoms with Crippen LogP contribution in [0.15, 0.2) is 28.7 Å². The largest absolute Gasteiger partial charge is 0.464 e. The number of carbonyl (C=O) groups excluding carboxylic acids is 3. The summed E-state index contributed by atoms with van der Waals surface area (Å²) in [6.45, 7) is 3.37. The SMILES string of the molecule is CCOC(=O)C1(C)C(Br)C(=O)C(=O)N1c1ccc(Br)cc1. The number of halogens is 2. The number of hydrogen-bond acceptors (Lipinski definition) is 4. The molecule has 0 saturated carbocycles. The molecule has 1 saturated heterocycles. The summed E-state index contributed by atoms with van der Waals surface area (Å²) in [5.74, 6) is -2.00. The molecule has 21 heavy (non-hydrogen) atoms. The lowest BCUT2D eigenvalue weighted by atomic mass is 9.98. The molecule has 112 valence electrons. The Labute approximate surface area is 138 Å². The van der Waals surface area contributed by atoms with Crippen LogP contribution in [0.1, 0.15) is 13.8 Å². The number of amides is 1. The molecule has 2 rings (SSSR count). The van der Waals surface area contributed by atoms with E-state index in [-0.39, 0.29) is 6.61 Å². The lowest BCUT2D eigenvalue weighted by molar-refractivity contribution is -0.149. The number of esters is 1. The van der Waals surface area contributed by atoms with Crippen LogP contribution in [-0.4, -0.2) is 34.6 Å². The molecular weight excluding hydrogens is 406 g/mol. The van der Waals surface area contributed by atoms with E-state index in [0.717, 1.165) is 4.47 Å². The van der Waals surface area contributed by atoms with Crippen molar-refractivity contribution in [3.8, 4) is 0 Å². The molecule has 1 aromatic carbocycles. The van der Waals surface area contributed by atoms with E-state index >= 15 is 0 Å². The Hall–Kier alpha value is -1.21. The fourth-order valence-corrected chi connectivity index (χ4v) is 3.10. The molecule has 0 aromatic heterocycles. The third-order valence-electron chi connectivity index (χ3n) is 3.38. The monoisotopic (exact) mass is 417 g/mol. The number of benzene rings is 1. The number of nitrogens with zero attached hydrogens (tertiary/aromatic N) is 1. The molecule has 1 aliphatic heterocycles. The lowest BCUT2D eigenvalue weighted by Crippen LogP contribution is -2.55. The number of ketones is 1. The van der Waals surface area contributed by atoms with Crippen LogP contribution in [0, 0.1) is 0 Å². The molecule has 1 amide bonds. The van der Waals surface area contributed by atoms with Gasteiger partial charge in [0.1, 0.15) is 4.83 Å². The maximum absolute atomic E-state index is 12.3. The average molecular weight is 419 g/mol. The van der Waals surface area contributed by atoms with E-state index in [9.17, 15) is 14.4 Å². The van der Waals surface area contributed by atoms with Crippen LogP contribution < -0.4 is 4.90 Å². The van der Waals surface area contributed by atoms with Crippen molar-refractivity contribution in [2.75, 3.05) is 11.5 Å². The maximum atomic E-state index is 12.3. The summed E-state index contributed by atoms with van der Waals surface area (Å²) in [6.07, 6.45) is 0. The van der Waals surface area contributed by atoms with E-state index in [1.807, 2.05) is 0 Å². The van der Waals surface area contributed by atoms with Crippen LogP contribution in [-0.2, 0) is 19.1 Å². The highest BCUT2D eigenvalue weighted by molar-refractivity contribution is 9.10. The third kappa shape index (κ3) is 2.53. The van der Waals surface area contributed by atoms with Gasteiger partial charge in [-0.15, -0.1) is 0 Å². The quantitative estimate of drug-likeness (QED) is 0.429. The number of anilines is 1. The normalized spacial score (nSPS) is 25.3. The predicted octanol–water partition coefficient (Wildman–Crippen LogP) is 2.45. The van der Waals surface area contributed by atoms with Crippen molar-refractivity contribution in [1.82, 2.24) is 0 Å². The first-order chi connectivity index (χ1) is 9.83. The molecule has 0 N–H and O–H groups in total. The number of rotatable bonds is 3. The minimum absolute atomic E-state index is 0.171. The van der Waals surface area contributed by atoms with Gasteiger partial charge in [0.25, 0.3) is 5.91 Å². The number of ether oxygens (including phenoxy) is 1. The first-order valence-electron chi connectivity index (χ1n) is 6.29. The molecule has 1 aliphatic rings. The summed E-state index contributed by atoms with van der Waals surface area (Å²) in [5.41, 5.74) is -0.938. The summed E-state index contributed by atoms with van der Waals surface area (Å²) in [5, 5.41) is 0. The summed E-state index contributed by atoms with van der Waals surface area (Å²) < 4.78 is 5.88. The van der Waals surface area contributed by atoms with E-state index in [1.165, 1.54) is 11.8 Å². The van der Waals surface area contributed by atoms with Crippen molar-refractivity contribution in [2.24, 2.45) is 0 Å². The van der Waals surface area contributed by atoms with Gasteiger partial charge in [0.05, 0.1) is 6.61 Å². The van der Waals surface area contributed by atoms with Crippen LogP contribution in [0.2, 0.25) is 0 Å². The van der Waals surface area contributed by atoms with Gasteiger partial charge in [0, 0.05) is 10.2 Å². The van der Waals surface area contributed by atoms with Crippen molar-refractivity contribution in [1.29, 1.82) is 0 Å². The van der Waals surface area contributed by atoms with Gasteiger partial charge in [-0.05, 0) is 38.1 Å². The molecule has 0 spiro atoms. The summed E-state index contributed by atoms with van der Waals surface area (Å²) in [4.78, 5) is 36.8. The second kappa shape index (κ2) is 5.88. The van der Waals surface area contributed by atoms with E-state index < -0.39 is 28.0 Å². The molecule has 7 heteroatoms. The number of Topliss-reactive ketones (excluding diaryl/α,β-unsaturated/α-hetero) is 1. The van der Waals surface area contributed by atoms with Gasteiger partial charge >= 0.3 is 5.97 Å². The van der Waals surface area contributed by atoms with Crippen molar-refractivity contribution >= 4 is 55.2 Å². The van der Waals surface area contributed by atoms with Gasteiger partial charge in [0.2, 0.25) is 5.78 Å². The maximum Gasteiger partial charge on any atom is 0.333 e. The van der Waals surface area contributed by atoms with Gasteiger partial charge in [-0.2, -0.15) is 0 Å². The number of hydrogen-bond donors (Lipinski definition) is 0. The summed E-state index contributed by atoms with van der Waals surface area (Å²) >= 11 is 6.47. The smallest absolute Gasteiger partial charge is 0.333 e. The molecule has 1 heterocycles. The molecular formula is C14H13Br2NO4. The minimum atomic E-state index is -1.40. The zero-order valence-electron chi connectivity index (χ0n) is 11.4. The van der Waals surface area contributed by atoms with E-state index in [1.54, 1.807) is 31.2 Å². The molecule has 1 fully saturated rings. The van der Waals surface area contributed by atoms with Crippen LogP contribution in [0.5, 0.6) is 0 Å². The highest BCUT2D eigenvalue weighted by atomic mass is 79.9. The highest BCUT2D eigenvalue weighted by Crippen LogP contribution is 2.38. The predicted molar refractivity (Wildman–Crippen MR) is 84.4 cm³/mol. The Balaban J connectivity index is 2.53. The Morgan fingerprint density at radius 3 is 2.43 bits per heavy atom. The Morgan fingerprint density at radius 1 is 1.33 bits per heavy atom. The van der Waals surface area contributed by atoms with Gasteiger partial charge in [0.15, 0.2) is 5.54 Å². The van der Waals surface area contributed by atoms with Crippen molar-refractivity contribution in [2.45, 2.75) is 24.2 Å². The van der Waals surface area contributed by atoms with Crippen LogP contribution in [0.4, 0.5) is 5.69 Å². The minimum Gasteiger partial charge on any atom is -0.464 e. The third-order valence-corrected chi connectivity index (χ3v) is 5.21. The van der Waals surface area contributed by atoms with Crippen LogP contribution >= 0.6 is 31.9 Å². The highest BCUT2D eigenvalue weighted by Gasteiger charge is 2.60. The Morgan fingerprint density at radius 2 is 1.90 bits per heavy atom. The summed E-state index contributed by atoms with van der Waals surface area (Å²) in [7, 11) is 0. The van der Waals surface area contributed by atoms with Crippen molar-refractivity contribution in [3.63, 3.8) is 0 Å². The van der Waals surface area contributed by atoms with Gasteiger partial charge in [-0.3, -0.25) is 14.5 Å². The van der Waals surface area contributed by atoms with E-state index in [0.29, 0.717) is 5.69 Å². The van der Waals surface area contributed by atoms with Crippen molar-refractivity contribution < 1.29 is 19.1 Å². The topological polar surface area (TPSA) is 63.7 Å². The molecule has 5 nitrogen and oxygen atoms in total. The molecule has 2 unspecified atom stereocenters. The fourth-order valence-electron chi connectivity index (χ4n) is 2.25. The summed E-state index contributed by atoms with van der Waals surface area (Å²) in [6, 6.07) is 6.80. The van der Waals surface area contributed by atoms with E-state index in [2.05, 4.69) is 31.9 Å². The second-order valence-corrected chi connectivity index (χ2v) is 6.54. The zero-order chi connectivity index (χ0) is 15.8. The van der Waals surface area contributed by atoms with E-state index in [4.69, 9.17) is 4.74 Å². The zero-order valence-corrected chi connectivity index (χ0v) is 14.6. The van der Waals surface area contributed by atoms with Gasteiger partial charge < -0.3 is 4.74 Å². The van der Waals surface area contributed by atoms with Gasteiger partial charge in [-0.25, -0.2) is 4.79 Å². The molecule has 0 bridgehead atoms.